The smallest absolute Gasteiger partial charge is 0.258 e. The number of benzene rings is 1. The molecule has 0 spiro atoms. The number of ether oxygens (including phenoxy) is 2. The van der Waals surface area contributed by atoms with Crippen LogP contribution in [0.1, 0.15) is 16.7 Å². The Morgan fingerprint density at radius 2 is 1.86 bits per heavy atom. The lowest BCUT2D eigenvalue weighted by Gasteiger charge is -2.13. The van der Waals surface area contributed by atoms with E-state index in [0.29, 0.717) is 19.0 Å². The van der Waals surface area contributed by atoms with Gasteiger partial charge in [0.1, 0.15) is 18.1 Å². The third-order valence-corrected chi connectivity index (χ3v) is 4.93. The van der Waals surface area contributed by atoms with Crippen LogP contribution < -0.4 is 14.8 Å². The average Bonchev–Trinajstić information content (AvgIpc) is 3.19. The first-order valence-electron chi connectivity index (χ1n) is 9.00. The van der Waals surface area contributed by atoms with Crippen LogP contribution in [0.4, 0.5) is 0 Å². The third kappa shape index (κ3) is 5.29. The second-order valence-electron chi connectivity index (χ2n) is 6.45. The van der Waals surface area contributed by atoms with Crippen LogP contribution in [-0.4, -0.2) is 35.9 Å². The monoisotopic (exact) mass is 397 g/mol. The quantitative estimate of drug-likeness (QED) is 0.587. The van der Waals surface area contributed by atoms with E-state index in [4.69, 9.17) is 9.47 Å². The summed E-state index contributed by atoms with van der Waals surface area (Å²) in [4.78, 5) is 13.0. The van der Waals surface area contributed by atoms with Crippen LogP contribution in [0.2, 0.25) is 0 Å². The van der Waals surface area contributed by atoms with Crippen LogP contribution in [0.25, 0.3) is 10.6 Å². The molecule has 1 amide bonds. The fraction of sp³-hybridized carbons (Fsp3) is 0.286. The van der Waals surface area contributed by atoms with Gasteiger partial charge in [-0.25, -0.2) is 0 Å². The van der Waals surface area contributed by atoms with E-state index < -0.39 is 0 Å². The molecule has 2 heterocycles. The van der Waals surface area contributed by atoms with Gasteiger partial charge in [0, 0.05) is 6.07 Å². The van der Waals surface area contributed by atoms with Gasteiger partial charge in [-0.15, -0.1) is 21.5 Å². The van der Waals surface area contributed by atoms with E-state index in [1.807, 2.05) is 56.5 Å². The van der Waals surface area contributed by atoms with Gasteiger partial charge in [0.05, 0.1) is 11.4 Å². The highest BCUT2D eigenvalue weighted by atomic mass is 32.1. The van der Waals surface area contributed by atoms with Gasteiger partial charge in [-0.1, -0.05) is 23.8 Å². The molecule has 7 heteroatoms. The van der Waals surface area contributed by atoms with Crippen molar-refractivity contribution in [3.63, 3.8) is 0 Å². The Labute approximate surface area is 168 Å². The van der Waals surface area contributed by atoms with Gasteiger partial charge in [-0.05, 0) is 49.4 Å². The zero-order valence-corrected chi connectivity index (χ0v) is 17.0. The number of carbonyl (C=O) groups is 1. The molecule has 0 radical (unpaired) electrons. The molecule has 0 saturated heterocycles. The van der Waals surface area contributed by atoms with Crippen LogP contribution in [0.15, 0.2) is 41.8 Å². The highest BCUT2D eigenvalue weighted by Gasteiger charge is 2.08. The van der Waals surface area contributed by atoms with Gasteiger partial charge in [-0.2, -0.15) is 0 Å². The lowest BCUT2D eigenvalue weighted by atomic mass is 10.1. The van der Waals surface area contributed by atoms with Gasteiger partial charge in [0.15, 0.2) is 6.61 Å². The van der Waals surface area contributed by atoms with Crippen molar-refractivity contribution < 1.29 is 14.3 Å². The molecule has 0 bridgehead atoms. The van der Waals surface area contributed by atoms with E-state index in [1.165, 1.54) is 5.56 Å². The molecule has 1 aromatic carbocycles. The number of aryl methyl sites for hydroxylation is 3. The van der Waals surface area contributed by atoms with Crippen LogP contribution in [0.5, 0.6) is 11.6 Å². The SMILES string of the molecule is Cc1cc(C)c(OCC(=O)NCCOc2ccc(-c3cccs3)nn2)c(C)c1. The second-order valence-corrected chi connectivity index (χ2v) is 7.40. The van der Waals surface area contributed by atoms with Crippen molar-refractivity contribution in [3.05, 3.63) is 58.5 Å². The summed E-state index contributed by atoms with van der Waals surface area (Å²) >= 11 is 1.61. The molecule has 3 aromatic rings. The van der Waals surface area contributed by atoms with E-state index in [9.17, 15) is 4.79 Å². The van der Waals surface area contributed by atoms with E-state index in [0.717, 1.165) is 27.4 Å². The number of amides is 1. The number of hydrogen-bond acceptors (Lipinski definition) is 6. The van der Waals surface area contributed by atoms with E-state index >= 15 is 0 Å². The minimum atomic E-state index is -0.192. The predicted molar refractivity (Wildman–Crippen MR) is 110 cm³/mol. The Kier molecular flexibility index (Phi) is 6.60. The summed E-state index contributed by atoms with van der Waals surface area (Å²) in [6.45, 7) is 6.64. The molecule has 28 heavy (non-hydrogen) atoms. The summed E-state index contributed by atoms with van der Waals surface area (Å²) in [5.74, 6) is 0.997. The van der Waals surface area contributed by atoms with Crippen molar-refractivity contribution in [2.45, 2.75) is 20.8 Å². The summed E-state index contributed by atoms with van der Waals surface area (Å²) in [5.41, 5.74) is 4.04. The summed E-state index contributed by atoms with van der Waals surface area (Å²) in [6.07, 6.45) is 0. The molecule has 0 aliphatic heterocycles. The number of nitrogens with one attached hydrogen (secondary N) is 1. The Bertz CT molecular complexity index is 902. The molecule has 0 fully saturated rings. The normalized spacial score (nSPS) is 10.5. The molecular weight excluding hydrogens is 374 g/mol. The molecule has 0 unspecified atom stereocenters. The minimum Gasteiger partial charge on any atom is -0.483 e. The lowest BCUT2D eigenvalue weighted by molar-refractivity contribution is -0.123. The molecule has 6 nitrogen and oxygen atoms in total. The Morgan fingerprint density at radius 1 is 1.07 bits per heavy atom. The first kappa shape index (κ1) is 19.8. The molecule has 0 aliphatic rings. The first-order valence-corrected chi connectivity index (χ1v) is 9.88. The third-order valence-electron chi connectivity index (χ3n) is 4.04. The maximum Gasteiger partial charge on any atom is 0.258 e. The van der Waals surface area contributed by atoms with Crippen molar-refractivity contribution in [1.29, 1.82) is 0 Å². The molecule has 1 N–H and O–H groups in total. The number of thiophene rings is 1. The largest absolute Gasteiger partial charge is 0.483 e. The number of hydrogen-bond donors (Lipinski definition) is 1. The molecule has 3 rings (SSSR count). The van der Waals surface area contributed by atoms with Crippen LogP contribution in [-0.2, 0) is 4.79 Å². The minimum absolute atomic E-state index is 0.0277. The number of carbonyl (C=O) groups excluding carboxylic acids is 1. The molecule has 0 atom stereocenters. The Morgan fingerprint density at radius 3 is 2.50 bits per heavy atom. The first-order chi connectivity index (χ1) is 13.5. The maximum atomic E-state index is 12.0. The number of aromatic nitrogens is 2. The highest BCUT2D eigenvalue weighted by Crippen LogP contribution is 2.24. The standard InChI is InChI=1S/C21H23N3O3S/c1-14-11-15(2)21(16(3)12-14)27-13-19(25)22-8-9-26-20-7-6-17(23-24-20)18-5-4-10-28-18/h4-7,10-12H,8-9,13H2,1-3H3,(H,22,25). The summed E-state index contributed by atoms with van der Waals surface area (Å²) < 4.78 is 11.2. The van der Waals surface area contributed by atoms with Gasteiger partial charge in [0.2, 0.25) is 5.88 Å². The van der Waals surface area contributed by atoms with Crippen molar-refractivity contribution in [2.24, 2.45) is 0 Å². The maximum absolute atomic E-state index is 12.0. The zero-order chi connectivity index (χ0) is 19.9. The predicted octanol–water partition coefficient (Wildman–Crippen LogP) is 3.70. The summed E-state index contributed by atoms with van der Waals surface area (Å²) in [5, 5.41) is 13.0. The second kappa shape index (κ2) is 9.32. The van der Waals surface area contributed by atoms with E-state index in [2.05, 4.69) is 15.5 Å². The Balaban J connectivity index is 1.39. The van der Waals surface area contributed by atoms with Gasteiger partial charge in [-0.3, -0.25) is 4.79 Å². The summed E-state index contributed by atoms with van der Waals surface area (Å²) in [6, 6.07) is 11.7. The number of rotatable bonds is 8. The van der Waals surface area contributed by atoms with E-state index in [-0.39, 0.29) is 12.5 Å². The van der Waals surface area contributed by atoms with Gasteiger partial charge in [0.25, 0.3) is 5.91 Å². The average molecular weight is 398 g/mol. The summed E-state index contributed by atoms with van der Waals surface area (Å²) in [7, 11) is 0. The van der Waals surface area contributed by atoms with Crippen molar-refractivity contribution in [1.82, 2.24) is 15.5 Å². The highest BCUT2D eigenvalue weighted by molar-refractivity contribution is 7.13. The molecule has 0 aliphatic carbocycles. The molecule has 0 saturated carbocycles. The topological polar surface area (TPSA) is 73.3 Å². The van der Waals surface area contributed by atoms with Crippen LogP contribution in [0.3, 0.4) is 0 Å². The van der Waals surface area contributed by atoms with Gasteiger partial charge < -0.3 is 14.8 Å². The van der Waals surface area contributed by atoms with Crippen LogP contribution >= 0.6 is 11.3 Å². The van der Waals surface area contributed by atoms with Crippen molar-refractivity contribution >= 4 is 17.2 Å². The molecule has 146 valence electrons. The van der Waals surface area contributed by atoms with Crippen LogP contribution in [0, 0.1) is 20.8 Å². The van der Waals surface area contributed by atoms with E-state index in [1.54, 1.807) is 17.4 Å². The molecular formula is C21H23N3O3S. The van der Waals surface area contributed by atoms with Gasteiger partial charge >= 0.3 is 0 Å². The zero-order valence-electron chi connectivity index (χ0n) is 16.2. The van der Waals surface area contributed by atoms with Crippen molar-refractivity contribution in [3.8, 4) is 22.2 Å². The Hall–Kier alpha value is -2.93. The lowest BCUT2D eigenvalue weighted by Crippen LogP contribution is -2.32. The molecule has 2 aromatic heterocycles. The van der Waals surface area contributed by atoms with Crippen molar-refractivity contribution in [2.75, 3.05) is 19.8 Å². The fourth-order valence-corrected chi connectivity index (χ4v) is 3.57. The fourth-order valence-electron chi connectivity index (χ4n) is 2.88. The number of nitrogens with zero attached hydrogens (tertiary/aromatic N) is 2.